The number of sulfonamides is 1. The number of nitrogens with one attached hydrogen (secondary N) is 1. The summed E-state index contributed by atoms with van der Waals surface area (Å²) in [5.74, 6) is -0.840. The van der Waals surface area contributed by atoms with E-state index in [0.717, 1.165) is 37.7 Å². The first kappa shape index (κ1) is 21.1. The molecule has 4 rings (SSSR count). The topological polar surface area (TPSA) is 101 Å². The molecule has 0 atom stereocenters. The molecule has 7 nitrogen and oxygen atoms in total. The number of carboxylic acids is 1. The summed E-state index contributed by atoms with van der Waals surface area (Å²) in [6.07, 6.45) is 6.28. The lowest BCUT2D eigenvalue weighted by Crippen LogP contribution is -2.13. The highest BCUT2D eigenvalue weighted by atomic mass is 32.2. The minimum atomic E-state index is -3.75. The van der Waals surface area contributed by atoms with Crippen molar-refractivity contribution in [2.45, 2.75) is 49.8 Å². The number of aryl methyl sites for hydroxylation is 1. The van der Waals surface area contributed by atoms with E-state index < -0.39 is 16.0 Å². The molecular formula is C23H25N3O4S. The van der Waals surface area contributed by atoms with E-state index in [1.165, 1.54) is 6.20 Å². The van der Waals surface area contributed by atoms with Gasteiger partial charge < -0.3 is 5.11 Å². The molecule has 0 aliphatic heterocycles. The molecule has 1 saturated carbocycles. The SMILES string of the molecule is CCCCc1ccc(S(=O)(=O)Nc2cccc(-n3ncc(C(=O)O)c3C3CC3)c2)cc1. The van der Waals surface area contributed by atoms with Gasteiger partial charge in [-0.2, -0.15) is 5.10 Å². The van der Waals surface area contributed by atoms with Gasteiger partial charge in [-0.25, -0.2) is 17.9 Å². The summed E-state index contributed by atoms with van der Waals surface area (Å²) in [6, 6.07) is 13.8. The number of unbranched alkanes of at least 4 members (excludes halogenated alkanes) is 1. The lowest BCUT2D eigenvalue weighted by molar-refractivity contribution is 0.0695. The molecule has 162 valence electrons. The highest BCUT2D eigenvalue weighted by molar-refractivity contribution is 7.92. The average molecular weight is 440 g/mol. The zero-order valence-corrected chi connectivity index (χ0v) is 18.1. The van der Waals surface area contributed by atoms with Crippen LogP contribution < -0.4 is 4.72 Å². The summed E-state index contributed by atoms with van der Waals surface area (Å²) in [5.41, 5.74) is 2.97. The lowest BCUT2D eigenvalue weighted by atomic mass is 10.1. The fourth-order valence-electron chi connectivity index (χ4n) is 3.61. The number of carbonyl (C=O) groups is 1. The van der Waals surface area contributed by atoms with E-state index in [1.807, 2.05) is 12.1 Å². The first-order valence-electron chi connectivity index (χ1n) is 10.4. The average Bonchev–Trinajstić information content (AvgIpc) is 3.49. The Morgan fingerprint density at radius 3 is 2.58 bits per heavy atom. The summed E-state index contributed by atoms with van der Waals surface area (Å²) >= 11 is 0. The van der Waals surface area contributed by atoms with Gasteiger partial charge >= 0.3 is 5.97 Å². The molecule has 1 fully saturated rings. The maximum Gasteiger partial charge on any atom is 0.339 e. The Kier molecular flexibility index (Phi) is 5.82. The number of aromatic carboxylic acids is 1. The normalized spacial score (nSPS) is 13.8. The van der Waals surface area contributed by atoms with Crippen LogP contribution in [0, 0.1) is 0 Å². The van der Waals surface area contributed by atoms with Crippen LogP contribution in [0.2, 0.25) is 0 Å². The third kappa shape index (κ3) is 4.64. The van der Waals surface area contributed by atoms with Crippen LogP contribution >= 0.6 is 0 Å². The summed E-state index contributed by atoms with van der Waals surface area (Å²) in [7, 11) is -3.75. The van der Waals surface area contributed by atoms with Crippen molar-refractivity contribution in [3.05, 3.63) is 71.5 Å². The van der Waals surface area contributed by atoms with Gasteiger partial charge in [0.15, 0.2) is 0 Å². The van der Waals surface area contributed by atoms with Gasteiger partial charge in [0.2, 0.25) is 0 Å². The number of hydrogen-bond acceptors (Lipinski definition) is 4. The highest BCUT2D eigenvalue weighted by Crippen LogP contribution is 2.42. The smallest absolute Gasteiger partial charge is 0.339 e. The lowest BCUT2D eigenvalue weighted by Gasteiger charge is -2.12. The summed E-state index contributed by atoms with van der Waals surface area (Å²) in [6.45, 7) is 2.12. The first-order valence-corrected chi connectivity index (χ1v) is 11.9. The largest absolute Gasteiger partial charge is 0.478 e. The van der Waals surface area contributed by atoms with Crippen molar-refractivity contribution in [3.63, 3.8) is 0 Å². The van der Waals surface area contributed by atoms with Crippen molar-refractivity contribution >= 4 is 21.7 Å². The number of nitrogens with zero attached hydrogens (tertiary/aromatic N) is 2. The van der Waals surface area contributed by atoms with Gasteiger partial charge in [-0.1, -0.05) is 31.5 Å². The molecule has 2 N–H and O–H groups in total. The molecule has 0 bridgehead atoms. The molecule has 31 heavy (non-hydrogen) atoms. The van der Waals surface area contributed by atoms with E-state index in [2.05, 4.69) is 16.7 Å². The highest BCUT2D eigenvalue weighted by Gasteiger charge is 2.33. The van der Waals surface area contributed by atoms with Crippen molar-refractivity contribution in [2.24, 2.45) is 0 Å². The van der Waals surface area contributed by atoms with Gasteiger partial charge in [0.1, 0.15) is 5.56 Å². The van der Waals surface area contributed by atoms with Crippen LogP contribution in [0.4, 0.5) is 5.69 Å². The molecule has 0 spiro atoms. The third-order valence-corrected chi connectivity index (χ3v) is 6.79. The molecule has 2 aromatic carbocycles. The van der Waals surface area contributed by atoms with Crippen LogP contribution in [0.15, 0.2) is 59.6 Å². The molecule has 0 amide bonds. The van der Waals surface area contributed by atoms with Gasteiger partial charge in [-0.15, -0.1) is 0 Å². The second kappa shape index (κ2) is 8.55. The fourth-order valence-corrected chi connectivity index (χ4v) is 4.66. The molecule has 1 aliphatic rings. The zero-order valence-electron chi connectivity index (χ0n) is 17.3. The number of aromatic nitrogens is 2. The van der Waals surface area contributed by atoms with Gasteiger partial charge in [-0.05, 0) is 61.6 Å². The minimum absolute atomic E-state index is 0.167. The van der Waals surface area contributed by atoms with Crippen LogP contribution in [-0.4, -0.2) is 29.3 Å². The molecular weight excluding hydrogens is 414 g/mol. The molecule has 3 aromatic rings. The van der Waals surface area contributed by atoms with Crippen LogP contribution in [0.5, 0.6) is 0 Å². The van der Waals surface area contributed by atoms with Crippen molar-refractivity contribution in [1.82, 2.24) is 9.78 Å². The van der Waals surface area contributed by atoms with E-state index in [0.29, 0.717) is 17.1 Å². The number of anilines is 1. The monoisotopic (exact) mass is 439 g/mol. The Hall–Kier alpha value is -3.13. The Morgan fingerprint density at radius 2 is 1.94 bits per heavy atom. The van der Waals surface area contributed by atoms with E-state index in [1.54, 1.807) is 41.1 Å². The number of hydrogen-bond donors (Lipinski definition) is 2. The van der Waals surface area contributed by atoms with Crippen molar-refractivity contribution in [3.8, 4) is 5.69 Å². The van der Waals surface area contributed by atoms with E-state index in [-0.39, 0.29) is 16.4 Å². The maximum absolute atomic E-state index is 12.8. The minimum Gasteiger partial charge on any atom is -0.478 e. The quantitative estimate of drug-likeness (QED) is 0.508. The standard InChI is InChI=1S/C23H25N3O4S/c1-2-3-5-16-8-12-20(13-9-16)31(29,30)25-18-6-4-7-19(14-18)26-22(17-10-11-17)21(15-24-26)23(27)28/h4,6-9,12-15,17,25H,2-3,5,10-11H2,1H3,(H,27,28). The Bertz CT molecular complexity index is 1200. The number of carboxylic acid groups (broad SMARTS) is 1. The van der Waals surface area contributed by atoms with Crippen LogP contribution in [0.3, 0.4) is 0 Å². The van der Waals surface area contributed by atoms with Crippen molar-refractivity contribution in [2.75, 3.05) is 4.72 Å². The van der Waals surface area contributed by atoms with E-state index >= 15 is 0 Å². The van der Waals surface area contributed by atoms with Crippen LogP contribution in [0.25, 0.3) is 5.69 Å². The summed E-state index contributed by atoms with van der Waals surface area (Å²) < 4.78 is 29.9. The number of rotatable bonds is 9. The predicted molar refractivity (Wildman–Crippen MR) is 118 cm³/mol. The predicted octanol–water partition coefficient (Wildman–Crippen LogP) is 4.59. The van der Waals surface area contributed by atoms with E-state index in [9.17, 15) is 18.3 Å². The van der Waals surface area contributed by atoms with Gasteiger partial charge in [0.05, 0.1) is 28.2 Å². The second-order valence-corrected chi connectivity index (χ2v) is 9.52. The van der Waals surface area contributed by atoms with Gasteiger partial charge in [0.25, 0.3) is 10.0 Å². The number of benzene rings is 2. The van der Waals surface area contributed by atoms with E-state index in [4.69, 9.17) is 0 Å². The van der Waals surface area contributed by atoms with Crippen LogP contribution in [-0.2, 0) is 16.4 Å². The molecule has 0 radical (unpaired) electrons. The summed E-state index contributed by atoms with van der Waals surface area (Å²) in [5, 5.41) is 13.7. The molecule has 1 heterocycles. The van der Waals surface area contributed by atoms with Gasteiger partial charge in [0, 0.05) is 5.92 Å². The summed E-state index contributed by atoms with van der Waals surface area (Å²) in [4.78, 5) is 11.7. The Labute approximate surface area is 181 Å². The fraction of sp³-hybridized carbons (Fsp3) is 0.304. The Morgan fingerprint density at radius 1 is 1.19 bits per heavy atom. The first-order chi connectivity index (χ1) is 14.9. The van der Waals surface area contributed by atoms with Gasteiger partial charge in [-0.3, -0.25) is 4.72 Å². The molecule has 0 unspecified atom stereocenters. The molecule has 1 aliphatic carbocycles. The molecule has 8 heteroatoms. The molecule has 0 saturated heterocycles. The van der Waals surface area contributed by atoms with Crippen LogP contribution in [0.1, 0.15) is 60.1 Å². The second-order valence-electron chi connectivity index (χ2n) is 7.84. The molecule has 1 aromatic heterocycles. The van der Waals surface area contributed by atoms with Crippen molar-refractivity contribution in [1.29, 1.82) is 0 Å². The van der Waals surface area contributed by atoms with Crippen molar-refractivity contribution < 1.29 is 18.3 Å². The maximum atomic E-state index is 12.8. The third-order valence-electron chi connectivity index (χ3n) is 5.40. The Balaban J connectivity index is 1.59. The zero-order chi connectivity index (χ0) is 22.0.